The van der Waals surface area contributed by atoms with Crippen molar-refractivity contribution in [1.82, 2.24) is 5.32 Å². The maximum absolute atomic E-state index is 13.2. The number of aliphatic carboxylic acids is 3. The van der Waals surface area contributed by atoms with E-state index in [9.17, 15) is 44.4 Å². The van der Waals surface area contributed by atoms with Crippen molar-refractivity contribution in [3.63, 3.8) is 0 Å². The van der Waals surface area contributed by atoms with Gasteiger partial charge in [0, 0.05) is 25.8 Å². The standard InChI is InChI=1S/C32H48N2O9/c1-2-3-4-7-10-13-25(35)14-11-8-5-6-9-12-15-26(32(43,31(41)42)21-28(36)37)29(38)34-27(30(39)40)20-23-16-18-24(22-33)19-17-23/h12,15-19,26-27,43H,2-11,13-14,20-22,33H2,1H3,(H,34,38)(H,36,37)(H,39,40)(H,41,42)/b15-12+. The summed E-state index contributed by atoms with van der Waals surface area (Å²) in [4.78, 5) is 60.5. The van der Waals surface area contributed by atoms with Crippen LogP contribution in [-0.4, -0.2) is 61.7 Å². The Bertz CT molecular complexity index is 1070. The van der Waals surface area contributed by atoms with Gasteiger partial charge in [0.25, 0.3) is 0 Å². The number of carbonyl (C=O) groups excluding carboxylic acids is 2. The number of carboxylic acid groups (broad SMARTS) is 3. The number of rotatable bonds is 24. The molecule has 3 unspecified atom stereocenters. The molecule has 7 N–H and O–H groups in total. The monoisotopic (exact) mass is 604 g/mol. The first-order valence-electron chi connectivity index (χ1n) is 15.1. The highest BCUT2D eigenvalue weighted by molar-refractivity contribution is 5.94. The highest BCUT2D eigenvalue weighted by atomic mass is 16.4. The Kier molecular flexibility index (Phi) is 17.7. The molecule has 1 rings (SSSR count). The quantitative estimate of drug-likeness (QED) is 0.0739. The van der Waals surface area contributed by atoms with Crippen LogP contribution in [0.5, 0.6) is 0 Å². The molecule has 0 aliphatic heterocycles. The van der Waals surface area contributed by atoms with Gasteiger partial charge in [0.2, 0.25) is 5.91 Å². The molecule has 0 aromatic heterocycles. The molecule has 0 fully saturated rings. The summed E-state index contributed by atoms with van der Waals surface area (Å²) in [6, 6.07) is 5.28. The van der Waals surface area contributed by atoms with E-state index in [1.54, 1.807) is 24.3 Å². The molecule has 1 aromatic carbocycles. The fourth-order valence-electron chi connectivity index (χ4n) is 4.74. The minimum Gasteiger partial charge on any atom is -0.481 e. The normalized spacial score (nSPS) is 14.1. The van der Waals surface area contributed by atoms with Crippen molar-refractivity contribution in [1.29, 1.82) is 0 Å². The van der Waals surface area contributed by atoms with Gasteiger partial charge in [0.15, 0.2) is 5.60 Å². The smallest absolute Gasteiger partial charge is 0.337 e. The van der Waals surface area contributed by atoms with Crippen molar-refractivity contribution in [3.05, 3.63) is 47.5 Å². The van der Waals surface area contributed by atoms with Gasteiger partial charge in [-0.25, -0.2) is 9.59 Å². The summed E-state index contributed by atoms with van der Waals surface area (Å²) in [6.45, 7) is 2.44. The van der Waals surface area contributed by atoms with E-state index in [2.05, 4.69) is 12.2 Å². The van der Waals surface area contributed by atoms with Gasteiger partial charge in [-0.15, -0.1) is 0 Å². The number of allylic oxidation sites excluding steroid dienone is 1. The zero-order valence-electron chi connectivity index (χ0n) is 25.1. The van der Waals surface area contributed by atoms with Gasteiger partial charge in [-0.05, 0) is 36.8 Å². The topological polar surface area (TPSA) is 204 Å². The second-order valence-electron chi connectivity index (χ2n) is 11.0. The fourth-order valence-corrected chi connectivity index (χ4v) is 4.74. The zero-order valence-corrected chi connectivity index (χ0v) is 25.1. The molecule has 0 radical (unpaired) electrons. The van der Waals surface area contributed by atoms with Gasteiger partial charge >= 0.3 is 17.9 Å². The van der Waals surface area contributed by atoms with Gasteiger partial charge in [-0.2, -0.15) is 0 Å². The lowest BCUT2D eigenvalue weighted by molar-refractivity contribution is -0.172. The molecule has 0 saturated heterocycles. The zero-order chi connectivity index (χ0) is 32.3. The van der Waals surface area contributed by atoms with Crippen molar-refractivity contribution in [3.8, 4) is 0 Å². The van der Waals surface area contributed by atoms with Crippen LogP contribution in [0.2, 0.25) is 0 Å². The summed E-state index contributed by atoms with van der Waals surface area (Å²) in [5.41, 5.74) is 3.98. The molecule has 1 amide bonds. The number of carbonyl (C=O) groups is 5. The van der Waals surface area contributed by atoms with Crippen molar-refractivity contribution < 1.29 is 44.4 Å². The summed E-state index contributed by atoms with van der Waals surface area (Å²) in [6.07, 6.45) is 11.3. The Morgan fingerprint density at radius 1 is 0.860 bits per heavy atom. The van der Waals surface area contributed by atoms with Gasteiger partial charge in [0.1, 0.15) is 11.8 Å². The summed E-state index contributed by atoms with van der Waals surface area (Å²) >= 11 is 0. The molecule has 1 aromatic rings. The lowest BCUT2D eigenvalue weighted by Gasteiger charge is -2.29. The van der Waals surface area contributed by atoms with Crippen molar-refractivity contribution in [2.24, 2.45) is 11.7 Å². The third-order valence-corrected chi connectivity index (χ3v) is 7.37. The fraction of sp³-hybridized carbons (Fsp3) is 0.594. The lowest BCUT2D eigenvalue weighted by Crippen LogP contribution is -2.55. The molecule has 240 valence electrons. The third kappa shape index (κ3) is 14.4. The number of aliphatic hydroxyl groups is 1. The summed E-state index contributed by atoms with van der Waals surface area (Å²) in [5.74, 6) is -7.66. The van der Waals surface area contributed by atoms with Crippen LogP contribution in [0.4, 0.5) is 0 Å². The molecular formula is C32H48N2O9. The molecule has 11 heteroatoms. The Labute approximate surface area is 253 Å². The molecule has 11 nitrogen and oxygen atoms in total. The van der Waals surface area contributed by atoms with E-state index in [0.29, 0.717) is 37.8 Å². The van der Waals surface area contributed by atoms with Gasteiger partial charge in [-0.3, -0.25) is 14.4 Å². The molecule has 0 spiro atoms. The van der Waals surface area contributed by atoms with E-state index in [0.717, 1.165) is 56.6 Å². The predicted molar refractivity (Wildman–Crippen MR) is 161 cm³/mol. The number of hydrogen-bond acceptors (Lipinski definition) is 7. The Morgan fingerprint density at radius 2 is 1.42 bits per heavy atom. The van der Waals surface area contributed by atoms with Gasteiger partial charge in [-0.1, -0.05) is 81.9 Å². The number of amides is 1. The van der Waals surface area contributed by atoms with Crippen molar-refractivity contribution >= 4 is 29.6 Å². The number of Topliss-reactive ketones (excluding diaryl/α,β-unsaturated/α-hetero) is 1. The van der Waals surface area contributed by atoms with E-state index in [4.69, 9.17) is 5.73 Å². The van der Waals surface area contributed by atoms with Crippen molar-refractivity contribution in [2.75, 3.05) is 0 Å². The molecule has 3 atom stereocenters. The highest BCUT2D eigenvalue weighted by Crippen LogP contribution is 2.26. The first-order valence-corrected chi connectivity index (χ1v) is 15.1. The van der Waals surface area contributed by atoms with E-state index >= 15 is 0 Å². The van der Waals surface area contributed by atoms with E-state index in [1.807, 2.05) is 0 Å². The number of nitrogens with one attached hydrogen (secondary N) is 1. The van der Waals surface area contributed by atoms with Crippen LogP contribution < -0.4 is 11.1 Å². The second kappa shape index (κ2) is 20.4. The molecule has 0 bridgehead atoms. The average Bonchev–Trinajstić information content (AvgIpc) is 2.95. The first-order chi connectivity index (χ1) is 20.4. The van der Waals surface area contributed by atoms with Crippen LogP contribution in [-0.2, 0) is 36.9 Å². The largest absolute Gasteiger partial charge is 0.481 e. The highest BCUT2D eigenvalue weighted by Gasteiger charge is 2.49. The average molecular weight is 605 g/mol. The third-order valence-electron chi connectivity index (χ3n) is 7.37. The summed E-state index contributed by atoms with van der Waals surface area (Å²) in [5, 5.41) is 41.7. The number of ketones is 1. The number of carboxylic acids is 3. The molecular weight excluding hydrogens is 556 g/mol. The minimum atomic E-state index is -3.00. The Morgan fingerprint density at radius 3 is 1.93 bits per heavy atom. The lowest BCUT2D eigenvalue weighted by atomic mass is 9.82. The number of benzene rings is 1. The predicted octanol–water partition coefficient (Wildman–Crippen LogP) is 3.99. The van der Waals surface area contributed by atoms with Crippen LogP contribution in [0.1, 0.15) is 102 Å². The second-order valence-corrected chi connectivity index (χ2v) is 11.0. The Hall–Kier alpha value is -3.57. The van der Waals surface area contributed by atoms with Crippen LogP contribution in [0, 0.1) is 5.92 Å². The maximum Gasteiger partial charge on any atom is 0.337 e. The SMILES string of the molecule is CCCCCCCC(=O)CCCCCC/C=C/C(C(=O)NC(Cc1ccc(CN)cc1)C(=O)O)C(O)(CC(=O)O)C(=O)O. The van der Waals surface area contributed by atoms with Gasteiger partial charge in [0.05, 0.1) is 12.3 Å². The number of unbranched alkanes of at least 4 members (excludes halogenated alkanes) is 8. The van der Waals surface area contributed by atoms with E-state index in [1.165, 1.54) is 12.5 Å². The van der Waals surface area contributed by atoms with Crippen LogP contribution in [0.15, 0.2) is 36.4 Å². The molecule has 0 aliphatic rings. The first kappa shape index (κ1) is 37.5. The van der Waals surface area contributed by atoms with Crippen molar-refractivity contribution in [2.45, 2.75) is 115 Å². The molecule has 0 aliphatic carbocycles. The Balaban J connectivity index is 2.79. The maximum atomic E-state index is 13.2. The minimum absolute atomic E-state index is 0.131. The number of nitrogens with two attached hydrogens (primary N) is 1. The molecule has 43 heavy (non-hydrogen) atoms. The summed E-state index contributed by atoms with van der Waals surface area (Å²) in [7, 11) is 0. The number of hydrogen-bond donors (Lipinski definition) is 6. The van der Waals surface area contributed by atoms with Crippen LogP contribution >= 0.6 is 0 Å². The van der Waals surface area contributed by atoms with E-state index in [-0.39, 0.29) is 12.2 Å². The molecule has 0 heterocycles. The van der Waals surface area contributed by atoms with Crippen LogP contribution in [0.25, 0.3) is 0 Å². The molecule has 0 saturated carbocycles. The van der Waals surface area contributed by atoms with Gasteiger partial charge < -0.3 is 31.5 Å². The van der Waals surface area contributed by atoms with E-state index < -0.39 is 47.8 Å². The summed E-state index contributed by atoms with van der Waals surface area (Å²) < 4.78 is 0. The van der Waals surface area contributed by atoms with Crippen LogP contribution in [0.3, 0.4) is 0 Å².